The third-order valence-corrected chi connectivity index (χ3v) is 9.57. The number of thioether (sulfide) groups is 1. The van der Waals surface area contributed by atoms with Gasteiger partial charge in [-0.25, -0.2) is 9.67 Å². The first-order valence-corrected chi connectivity index (χ1v) is 17.8. The van der Waals surface area contributed by atoms with Gasteiger partial charge >= 0.3 is 12.3 Å². The van der Waals surface area contributed by atoms with E-state index in [1.54, 1.807) is 0 Å². The number of alkyl halides is 3. The SMILES string of the molecule is C=C1CSC(=NC(=O)CC(CCc2ccc(-c3ncn(-c4ccc(OC(F)(F)F)cc4)n3)cc2)C(=O)OCc2ccccc2)N1c1c(C)cccc1C. The Balaban J connectivity index is 1.13. The number of anilines is 1. The molecule has 5 aromatic rings. The molecule has 0 spiro atoms. The molecule has 0 N–H and O–H groups in total. The Morgan fingerprint density at radius 2 is 1.62 bits per heavy atom. The minimum Gasteiger partial charge on any atom is -0.461 e. The molecule has 0 bridgehead atoms. The summed E-state index contributed by atoms with van der Waals surface area (Å²) in [5, 5.41) is 5.00. The van der Waals surface area contributed by atoms with Crippen LogP contribution in [0, 0.1) is 19.8 Å². The van der Waals surface area contributed by atoms with Gasteiger partial charge < -0.3 is 9.47 Å². The summed E-state index contributed by atoms with van der Waals surface area (Å²) in [6, 6.07) is 28.2. The number of ether oxygens (including phenoxy) is 2. The molecule has 4 aromatic carbocycles. The van der Waals surface area contributed by atoms with Gasteiger partial charge in [0.15, 0.2) is 11.0 Å². The second-order valence-electron chi connectivity index (χ2n) is 12.5. The van der Waals surface area contributed by atoms with Crippen LogP contribution in [0.5, 0.6) is 5.75 Å². The van der Waals surface area contributed by atoms with E-state index in [9.17, 15) is 22.8 Å². The highest BCUT2D eigenvalue weighted by Crippen LogP contribution is 2.36. The highest BCUT2D eigenvalue weighted by Gasteiger charge is 2.31. The Morgan fingerprint density at radius 3 is 2.30 bits per heavy atom. The Hall–Kier alpha value is -5.69. The summed E-state index contributed by atoms with van der Waals surface area (Å²) in [4.78, 5) is 37.7. The molecule has 1 aliphatic heterocycles. The van der Waals surface area contributed by atoms with Crippen molar-refractivity contribution >= 4 is 34.5 Å². The summed E-state index contributed by atoms with van der Waals surface area (Å²) in [5.41, 5.74) is 6.86. The quantitative estimate of drug-likeness (QED) is 0.117. The number of carbonyl (C=O) groups is 2. The number of amides is 1. The fourth-order valence-electron chi connectivity index (χ4n) is 5.90. The van der Waals surface area contributed by atoms with Crippen LogP contribution in [0.1, 0.15) is 35.1 Å². The van der Waals surface area contributed by atoms with Crippen LogP contribution in [-0.2, 0) is 27.4 Å². The van der Waals surface area contributed by atoms with Crippen LogP contribution in [-0.4, -0.2) is 43.9 Å². The van der Waals surface area contributed by atoms with Crippen molar-refractivity contribution in [2.45, 2.75) is 46.1 Å². The molecule has 9 nitrogen and oxygen atoms in total. The molecule has 1 fully saturated rings. The number of hydrogen-bond acceptors (Lipinski definition) is 7. The van der Waals surface area contributed by atoms with Gasteiger partial charge in [-0.2, -0.15) is 4.99 Å². The molecular weight excluding hydrogens is 704 g/mol. The average Bonchev–Trinajstić information content (AvgIpc) is 3.76. The highest BCUT2D eigenvalue weighted by molar-refractivity contribution is 8.14. The maximum atomic E-state index is 13.5. The number of benzene rings is 4. The number of carbonyl (C=O) groups excluding carboxylic acids is 2. The zero-order valence-corrected chi connectivity index (χ0v) is 29.9. The zero-order chi connectivity index (χ0) is 37.5. The minimum atomic E-state index is -4.78. The molecule has 1 saturated heterocycles. The Bertz CT molecular complexity index is 2100. The average molecular weight is 740 g/mol. The third-order valence-electron chi connectivity index (χ3n) is 8.56. The molecule has 1 unspecified atom stereocenters. The van der Waals surface area contributed by atoms with Crippen LogP contribution in [0.2, 0.25) is 0 Å². The summed E-state index contributed by atoms with van der Waals surface area (Å²) >= 11 is 1.44. The van der Waals surface area contributed by atoms with Crippen molar-refractivity contribution in [1.82, 2.24) is 14.8 Å². The van der Waals surface area contributed by atoms with Gasteiger partial charge in [-0.05, 0) is 73.2 Å². The molecule has 1 atom stereocenters. The maximum Gasteiger partial charge on any atom is 0.573 e. The maximum absolute atomic E-state index is 13.5. The lowest BCUT2D eigenvalue weighted by molar-refractivity contribution is -0.274. The molecular formula is C40H36F3N5O4S. The lowest BCUT2D eigenvalue weighted by Gasteiger charge is -2.23. The largest absolute Gasteiger partial charge is 0.573 e. The number of aryl methyl sites for hydroxylation is 3. The second kappa shape index (κ2) is 16.3. The van der Waals surface area contributed by atoms with Gasteiger partial charge in [0.2, 0.25) is 5.91 Å². The predicted octanol–water partition coefficient (Wildman–Crippen LogP) is 8.78. The van der Waals surface area contributed by atoms with Crippen molar-refractivity contribution in [3.05, 3.63) is 138 Å². The summed E-state index contributed by atoms with van der Waals surface area (Å²) in [6.45, 7) is 8.31. The van der Waals surface area contributed by atoms with E-state index in [4.69, 9.17) is 4.74 Å². The van der Waals surface area contributed by atoms with E-state index in [2.05, 4.69) is 26.4 Å². The summed E-state index contributed by atoms with van der Waals surface area (Å²) < 4.78 is 48.6. The highest BCUT2D eigenvalue weighted by atomic mass is 32.2. The van der Waals surface area contributed by atoms with Crippen molar-refractivity contribution in [3.63, 3.8) is 0 Å². The van der Waals surface area contributed by atoms with E-state index in [1.807, 2.05) is 91.5 Å². The van der Waals surface area contributed by atoms with Gasteiger partial charge in [0.1, 0.15) is 18.7 Å². The lowest BCUT2D eigenvalue weighted by Crippen LogP contribution is -2.26. The van der Waals surface area contributed by atoms with Crippen LogP contribution < -0.4 is 9.64 Å². The third kappa shape index (κ3) is 9.60. The van der Waals surface area contributed by atoms with Gasteiger partial charge in [-0.3, -0.25) is 14.5 Å². The van der Waals surface area contributed by atoms with E-state index in [-0.39, 0.29) is 18.8 Å². The number of para-hydroxylation sites is 1. The molecule has 0 saturated carbocycles. The molecule has 1 aliphatic rings. The van der Waals surface area contributed by atoms with Crippen molar-refractivity contribution in [3.8, 4) is 22.8 Å². The number of aromatic nitrogens is 3. The van der Waals surface area contributed by atoms with Crippen LogP contribution in [0.3, 0.4) is 0 Å². The number of hydrogen-bond donors (Lipinski definition) is 0. The van der Waals surface area contributed by atoms with Gasteiger partial charge in [-0.15, -0.1) is 18.3 Å². The minimum absolute atomic E-state index is 0.0920. The Labute approximate surface area is 309 Å². The number of nitrogens with zero attached hydrogens (tertiary/aromatic N) is 5. The fraction of sp³-hybridized carbons (Fsp3) is 0.225. The molecule has 1 aromatic heterocycles. The van der Waals surface area contributed by atoms with E-state index < -0.39 is 24.2 Å². The van der Waals surface area contributed by atoms with Gasteiger partial charge in [0, 0.05) is 23.4 Å². The first-order valence-electron chi connectivity index (χ1n) is 16.8. The number of esters is 1. The fourth-order valence-corrected chi connectivity index (χ4v) is 6.84. The molecule has 6 rings (SSSR count). The lowest BCUT2D eigenvalue weighted by atomic mass is 9.95. The Morgan fingerprint density at radius 1 is 0.925 bits per heavy atom. The van der Waals surface area contributed by atoms with Crippen molar-refractivity contribution in [1.29, 1.82) is 0 Å². The van der Waals surface area contributed by atoms with Crippen LogP contribution in [0.4, 0.5) is 18.9 Å². The Kier molecular flexibility index (Phi) is 11.4. The standard InChI is InChI=1S/C40H36F3N5O4S/c1-26-8-7-9-27(2)36(26)48-28(3)24-53-39(48)45-35(49)22-32(38(50)51-23-30-10-5-4-6-11-30)17-14-29-12-15-31(16-13-29)37-44-25-47(46-37)33-18-20-34(21-19-33)52-40(41,42)43/h4-13,15-16,18-21,25,32H,3,14,17,22-24H2,1-2H3. The second-order valence-corrected chi connectivity index (χ2v) is 13.4. The van der Waals surface area contributed by atoms with E-state index in [0.29, 0.717) is 35.3 Å². The van der Waals surface area contributed by atoms with Crippen LogP contribution in [0.15, 0.2) is 121 Å². The van der Waals surface area contributed by atoms with Crippen molar-refractivity contribution in [2.24, 2.45) is 10.9 Å². The number of aliphatic imine (C=N–C) groups is 1. The number of rotatable bonds is 12. The van der Waals surface area contributed by atoms with Crippen molar-refractivity contribution in [2.75, 3.05) is 10.7 Å². The predicted molar refractivity (Wildman–Crippen MR) is 199 cm³/mol. The summed E-state index contributed by atoms with van der Waals surface area (Å²) in [7, 11) is 0. The molecule has 1 amide bonds. The van der Waals surface area contributed by atoms with E-state index >= 15 is 0 Å². The van der Waals surface area contributed by atoms with Gasteiger partial charge in [-0.1, -0.05) is 91.1 Å². The molecule has 2 heterocycles. The first kappa shape index (κ1) is 37.1. The topological polar surface area (TPSA) is 98.9 Å². The summed E-state index contributed by atoms with van der Waals surface area (Å²) in [5.74, 6) is -0.936. The number of halogens is 3. The molecule has 0 aliphatic carbocycles. The first-order chi connectivity index (χ1) is 25.4. The van der Waals surface area contributed by atoms with E-state index in [0.717, 1.165) is 39.2 Å². The zero-order valence-electron chi connectivity index (χ0n) is 29.0. The van der Waals surface area contributed by atoms with E-state index in [1.165, 1.54) is 47.0 Å². The monoisotopic (exact) mass is 739 g/mol. The molecule has 13 heteroatoms. The van der Waals surface area contributed by atoms with Crippen LogP contribution >= 0.6 is 11.8 Å². The normalized spacial score (nSPS) is 14.4. The smallest absolute Gasteiger partial charge is 0.461 e. The van der Waals surface area contributed by atoms with Crippen LogP contribution in [0.25, 0.3) is 17.1 Å². The number of amidine groups is 1. The van der Waals surface area contributed by atoms with Gasteiger partial charge in [0.25, 0.3) is 0 Å². The van der Waals surface area contributed by atoms with Crippen molar-refractivity contribution < 1.29 is 32.2 Å². The molecule has 272 valence electrons. The molecule has 0 radical (unpaired) electrons. The summed E-state index contributed by atoms with van der Waals surface area (Å²) in [6.07, 6.45) is -2.58. The molecule has 53 heavy (non-hydrogen) atoms. The van der Waals surface area contributed by atoms with Gasteiger partial charge in [0.05, 0.1) is 17.3 Å².